The Balaban J connectivity index is 2.52. The summed E-state index contributed by atoms with van der Waals surface area (Å²) >= 11 is 3.35. The molecular weight excluding hydrogens is 260 g/mol. The summed E-state index contributed by atoms with van der Waals surface area (Å²) in [6, 6.07) is 5.35. The van der Waals surface area contributed by atoms with Crippen molar-refractivity contribution in [2.45, 2.75) is 11.2 Å². The molecule has 0 spiro atoms. The standard InChI is InChI=1S/C11H11BrO3/c1-14-9-4-2-3-7-10(13)8(12)5-6-15-11(7)9/h2-4,8H,5-6H2,1H3. The van der Waals surface area contributed by atoms with Gasteiger partial charge >= 0.3 is 0 Å². The molecule has 1 aliphatic rings. The Morgan fingerprint density at radius 2 is 2.33 bits per heavy atom. The van der Waals surface area contributed by atoms with Gasteiger partial charge in [-0.05, 0) is 12.1 Å². The van der Waals surface area contributed by atoms with E-state index in [0.717, 1.165) is 0 Å². The highest BCUT2D eigenvalue weighted by Crippen LogP contribution is 2.35. The van der Waals surface area contributed by atoms with Gasteiger partial charge in [0, 0.05) is 6.42 Å². The van der Waals surface area contributed by atoms with Crippen molar-refractivity contribution in [1.82, 2.24) is 0 Å². The highest BCUT2D eigenvalue weighted by Gasteiger charge is 2.26. The molecule has 0 aliphatic carbocycles. The zero-order chi connectivity index (χ0) is 10.8. The molecule has 1 aromatic carbocycles. The summed E-state index contributed by atoms with van der Waals surface area (Å²) in [5.74, 6) is 1.23. The Morgan fingerprint density at radius 1 is 1.53 bits per heavy atom. The number of carbonyl (C=O) groups is 1. The van der Waals surface area contributed by atoms with Gasteiger partial charge in [0.25, 0.3) is 0 Å². The summed E-state index contributed by atoms with van der Waals surface area (Å²) in [6.07, 6.45) is 0.677. The minimum absolute atomic E-state index is 0.0569. The summed E-state index contributed by atoms with van der Waals surface area (Å²) in [7, 11) is 1.57. The second-order valence-electron chi connectivity index (χ2n) is 3.31. The minimum atomic E-state index is -0.161. The number of halogens is 1. The Labute approximate surface area is 96.5 Å². The molecule has 0 radical (unpaired) electrons. The van der Waals surface area contributed by atoms with E-state index in [1.807, 2.05) is 0 Å². The van der Waals surface area contributed by atoms with Gasteiger partial charge in [-0.1, -0.05) is 22.0 Å². The lowest BCUT2D eigenvalue weighted by molar-refractivity contribution is 0.0991. The van der Waals surface area contributed by atoms with Crippen molar-refractivity contribution in [3.63, 3.8) is 0 Å². The lowest BCUT2D eigenvalue weighted by Gasteiger charge is -2.10. The van der Waals surface area contributed by atoms with Crippen LogP contribution in [0, 0.1) is 0 Å². The average Bonchev–Trinajstić information content (AvgIpc) is 2.40. The number of benzene rings is 1. The number of ether oxygens (including phenoxy) is 2. The molecule has 0 fully saturated rings. The molecular formula is C11H11BrO3. The smallest absolute Gasteiger partial charge is 0.180 e. The van der Waals surface area contributed by atoms with Gasteiger partial charge in [-0.15, -0.1) is 0 Å². The number of Topliss-reactive ketones (excluding diaryl/α,β-unsaturated/α-hetero) is 1. The summed E-state index contributed by atoms with van der Waals surface area (Å²) in [4.78, 5) is 11.8. The molecule has 0 aromatic heterocycles. The van der Waals surface area contributed by atoms with E-state index in [2.05, 4.69) is 15.9 Å². The Morgan fingerprint density at radius 3 is 3.07 bits per heavy atom. The van der Waals surface area contributed by atoms with Crippen molar-refractivity contribution in [3.8, 4) is 11.5 Å². The van der Waals surface area contributed by atoms with Crippen LogP contribution in [0.25, 0.3) is 0 Å². The molecule has 0 saturated carbocycles. The number of ketones is 1. The Kier molecular flexibility index (Phi) is 2.95. The van der Waals surface area contributed by atoms with Crippen LogP contribution in [0.5, 0.6) is 11.5 Å². The lowest BCUT2D eigenvalue weighted by atomic mass is 10.1. The molecule has 1 heterocycles. The molecule has 1 aromatic rings. The largest absolute Gasteiger partial charge is 0.493 e. The zero-order valence-electron chi connectivity index (χ0n) is 8.33. The summed E-state index contributed by atoms with van der Waals surface area (Å²) in [6.45, 7) is 0.523. The predicted octanol–water partition coefficient (Wildman–Crippen LogP) is 2.42. The number of hydrogen-bond acceptors (Lipinski definition) is 3. The molecule has 0 bridgehead atoms. The van der Waals surface area contributed by atoms with E-state index in [9.17, 15) is 4.79 Å². The third-order valence-electron chi connectivity index (χ3n) is 2.37. The van der Waals surface area contributed by atoms with Crippen LogP contribution in [-0.2, 0) is 0 Å². The van der Waals surface area contributed by atoms with Crippen molar-refractivity contribution >= 4 is 21.7 Å². The molecule has 15 heavy (non-hydrogen) atoms. The summed E-state index contributed by atoms with van der Waals surface area (Å²) in [5.41, 5.74) is 0.591. The van der Waals surface area contributed by atoms with Crippen LogP contribution in [0.1, 0.15) is 16.8 Å². The monoisotopic (exact) mass is 270 g/mol. The second kappa shape index (κ2) is 4.23. The van der Waals surface area contributed by atoms with Gasteiger partial charge in [0.15, 0.2) is 17.3 Å². The first-order valence-corrected chi connectivity index (χ1v) is 5.63. The maximum atomic E-state index is 11.9. The van der Waals surface area contributed by atoms with Crippen LogP contribution in [0.3, 0.4) is 0 Å². The normalized spacial score (nSPS) is 20.1. The quantitative estimate of drug-likeness (QED) is 0.736. The number of rotatable bonds is 1. The van der Waals surface area contributed by atoms with E-state index in [0.29, 0.717) is 30.1 Å². The molecule has 0 saturated heterocycles. The fourth-order valence-corrected chi connectivity index (χ4v) is 2.02. The van der Waals surface area contributed by atoms with Gasteiger partial charge in [-0.2, -0.15) is 0 Å². The molecule has 1 aliphatic heterocycles. The summed E-state index contributed by atoms with van der Waals surface area (Å²) < 4.78 is 10.7. The van der Waals surface area contributed by atoms with E-state index in [1.54, 1.807) is 25.3 Å². The van der Waals surface area contributed by atoms with Gasteiger partial charge in [0.1, 0.15) is 0 Å². The molecule has 0 N–H and O–H groups in total. The van der Waals surface area contributed by atoms with E-state index < -0.39 is 0 Å². The highest BCUT2D eigenvalue weighted by atomic mass is 79.9. The van der Waals surface area contributed by atoms with Gasteiger partial charge in [0.2, 0.25) is 0 Å². The first kappa shape index (κ1) is 10.5. The van der Waals surface area contributed by atoms with Crippen LogP contribution in [0.2, 0.25) is 0 Å². The van der Waals surface area contributed by atoms with Crippen molar-refractivity contribution in [2.24, 2.45) is 0 Å². The Hall–Kier alpha value is -1.03. The SMILES string of the molecule is COc1cccc2c1OCCC(Br)C2=O. The average molecular weight is 271 g/mol. The molecule has 2 rings (SSSR count). The molecule has 80 valence electrons. The van der Waals surface area contributed by atoms with Crippen LogP contribution >= 0.6 is 15.9 Å². The van der Waals surface area contributed by atoms with Gasteiger partial charge in [-0.25, -0.2) is 0 Å². The van der Waals surface area contributed by atoms with E-state index in [4.69, 9.17) is 9.47 Å². The van der Waals surface area contributed by atoms with E-state index in [-0.39, 0.29) is 10.6 Å². The number of fused-ring (bicyclic) bond motifs is 1. The summed E-state index contributed by atoms with van der Waals surface area (Å²) in [5, 5.41) is 0. The van der Waals surface area contributed by atoms with Gasteiger partial charge < -0.3 is 9.47 Å². The van der Waals surface area contributed by atoms with Gasteiger partial charge in [-0.3, -0.25) is 4.79 Å². The third-order valence-corrected chi connectivity index (χ3v) is 3.24. The van der Waals surface area contributed by atoms with Gasteiger partial charge in [0.05, 0.1) is 24.1 Å². The fraction of sp³-hybridized carbons (Fsp3) is 0.364. The first-order valence-electron chi connectivity index (χ1n) is 4.72. The number of para-hydroxylation sites is 1. The van der Waals surface area contributed by atoms with Crippen LogP contribution in [0.4, 0.5) is 0 Å². The molecule has 3 nitrogen and oxygen atoms in total. The molecule has 0 amide bonds. The maximum absolute atomic E-state index is 11.9. The Bertz CT molecular complexity index is 389. The molecule has 1 atom stereocenters. The maximum Gasteiger partial charge on any atom is 0.180 e. The molecule has 1 unspecified atom stereocenters. The lowest BCUT2D eigenvalue weighted by Crippen LogP contribution is -2.12. The highest BCUT2D eigenvalue weighted by molar-refractivity contribution is 9.10. The van der Waals surface area contributed by atoms with Crippen molar-refractivity contribution in [2.75, 3.05) is 13.7 Å². The number of carbonyl (C=O) groups excluding carboxylic acids is 1. The fourth-order valence-electron chi connectivity index (χ4n) is 1.58. The number of methoxy groups -OCH3 is 1. The number of hydrogen-bond donors (Lipinski definition) is 0. The van der Waals surface area contributed by atoms with E-state index >= 15 is 0 Å². The van der Waals surface area contributed by atoms with Crippen LogP contribution < -0.4 is 9.47 Å². The first-order chi connectivity index (χ1) is 7.24. The van der Waals surface area contributed by atoms with Crippen molar-refractivity contribution < 1.29 is 14.3 Å². The topological polar surface area (TPSA) is 35.5 Å². The predicted molar refractivity (Wildman–Crippen MR) is 60.2 cm³/mol. The van der Waals surface area contributed by atoms with Crippen molar-refractivity contribution in [3.05, 3.63) is 23.8 Å². The number of alkyl halides is 1. The van der Waals surface area contributed by atoms with Crippen molar-refractivity contribution in [1.29, 1.82) is 0 Å². The van der Waals surface area contributed by atoms with Crippen LogP contribution in [-0.4, -0.2) is 24.3 Å². The zero-order valence-corrected chi connectivity index (χ0v) is 9.91. The second-order valence-corrected chi connectivity index (χ2v) is 4.41. The van der Waals surface area contributed by atoms with Crippen LogP contribution in [0.15, 0.2) is 18.2 Å². The molecule has 4 heteroatoms. The third kappa shape index (κ3) is 1.86. The minimum Gasteiger partial charge on any atom is -0.493 e. The van der Waals surface area contributed by atoms with E-state index in [1.165, 1.54) is 0 Å².